The molecule has 1 amide bonds. The van der Waals surface area contributed by atoms with Crippen molar-refractivity contribution < 1.29 is 13.2 Å². The quantitative estimate of drug-likeness (QED) is 0.859. The number of halogens is 1. The molecule has 2 bridgehead atoms. The maximum absolute atomic E-state index is 13.0. The van der Waals surface area contributed by atoms with Crippen LogP contribution in [0.4, 0.5) is 0 Å². The number of nitrogens with zero attached hydrogens (tertiary/aromatic N) is 4. The standard InChI is InChI=1S/C15H16ClN5O3S/c16-10-2-1-3-13(6-10)25(23,24)21-11-4-5-12(21)9-20(8-11)15(22)14-7-17-19-18-14/h1-3,6-7,11-12H,4-5,8-9H2,(H,17,18,19). The zero-order chi connectivity index (χ0) is 17.6. The van der Waals surface area contributed by atoms with E-state index in [9.17, 15) is 13.2 Å². The third kappa shape index (κ3) is 2.82. The van der Waals surface area contributed by atoms with Crippen LogP contribution in [0.1, 0.15) is 23.3 Å². The summed E-state index contributed by atoms with van der Waals surface area (Å²) in [5, 5.41) is 10.3. The van der Waals surface area contributed by atoms with Gasteiger partial charge in [-0.05, 0) is 31.0 Å². The maximum Gasteiger partial charge on any atom is 0.276 e. The van der Waals surface area contributed by atoms with Crippen molar-refractivity contribution in [2.75, 3.05) is 13.1 Å². The number of piperazine rings is 1. The molecule has 0 radical (unpaired) electrons. The Hall–Kier alpha value is -1.97. The summed E-state index contributed by atoms with van der Waals surface area (Å²) in [4.78, 5) is 14.3. The van der Waals surface area contributed by atoms with Crippen LogP contribution in [-0.2, 0) is 10.0 Å². The summed E-state index contributed by atoms with van der Waals surface area (Å²) in [6, 6.07) is 5.80. The zero-order valence-electron chi connectivity index (χ0n) is 13.2. The highest BCUT2D eigenvalue weighted by Crippen LogP contribution is 2.36. The Morgan fingerprint density at radius 3 is 2.56 bits per heavy atom. The van der Waals surface area contributed by atoms with Gasteiger partial charge in [0.1, 0.15) is 0 Å². The Kier molecular flexibility index (Phi) is 4.01. The molecule has 1 N–H and O–H groups in total. The summed E-state index contributed by atoms with van der Waals surface area (Å²) in [6.45, 7) is 0.698. The van der Waals surface area contributed by atoms with Gasteiger partial charge in [-0.15, -0.1) is 0 Å². The number of hydrogen-bond acceptors (Lipinski definition) is 5. The largest absolute Gasteiger partial charge is 0.334 e. The van der Waals surface area contributed by atoms with Gasteiger partial charge in [0, 0.05) is 30.2 Å². The molecule has 2 fully saturated rings. The average molecular weight is 382 g/mol. The van der Waals surface area contributed by atoms with E-state index in [2.05, 4.69) is 15.4 Å². The molecule has 2 atom stereocenters. The molecule has 8 nitrogen and oxygen atoms in total. The van der Waals surface area contributed by atoms with E-state index in [1.165, 1.54) is 12.3 Å². The molecule has 132 valence electrons. The summed E-state index contributed by atoms with van der Waals surface area (Å²) >= 11 is 5.95. The number of aromatic nitrogens is 3. The van der Waals surface area contributed by atoms with Gasteiger partial charge in [0.05, 0.1) is 11.1 Å². The van der Waals surface area contributed by atoms with E-state index in [1.54, 1.807) is 27.4 Å². The molecule has 3 heterocycles. The van der Waals surface area contributed by atoms with Crippen molar-refractivity contribution >= 4 is 27.5 Å². The number of sulfonamides is 1. The second-order valence-corrected chi connectivity index (χ2v) is 8.52. The van der Waals surface area contributed by atoms with Crippen LogP contribution in [0.5, 0.6) is 0 Å². The third-order valence-corrected chi connectivity index (χ3v) is 6.94. The Morgan fingerprint density at radius 2 is 1.96 bits per heavy atom. The van der Waals surface area contributed by atoms with E-state index in [-0.39, 0.29) is 28.6 Å². The number of rotatable bonds is 3. The molecule has 2 aliphatic rings. The molecule has 2 aromatic rings. The van der Waals surface area contributed by atoms with Crippen molar-refractivity contribution in [1.29, 1.82) is 0 Å². The van der Waals surface area contributed by atoms with Crippen LogP contribution in [0.25, 0.3) is 0 Å². The first-order valence-corrected chi connectivity index (χ1v) is 9.73. The second kappa shape index (κ2) is 6.08. The van der Waals surface area contributed by atoms with Crippen LogP contribution < -0.4 is 0 Å². The number of H-pyrrole nitrogens is 1. The highest BCUT2D eigenvalue weighted by Gasteiger charge is 2.48. The van der Waals surface area contributed by atoms with Crippen LogP contribution in [0.15, 0.2) is 35.4 Å². The normalized spacial score (nSPS) is 23.8. The van der Waals surface area contributed by atoms with E-state index in [4.69, 9.17) is 11.6 Å². The summed E-state index contributed by atoms with van der Waals surface area (Å²) < 4.78 is 27.6. The van der Waals surface area contributed by atoms with Crippen molar-refractivity contribution in [3.63, 3.8) is 0 Å². The lowest BCUT2D eigenvalue weighted by Gasteiger charge is -2.39. The SMILES string of the molecule is O=C(c1cn[nH]n1)N1CC2CCC(C1)N2S(=O)(=O)c1cccc(Cl)c1. The van der Waals surface area contributed by atoms with Gasteiger partial charge in [0.2, 0.25) is 10.0 Å². The molecule has 2 saturated heterocycles. The maximum atomic E-state index is 13.0. The van der Waals surface area contributed by atoms with E-state index in [1.807, 2.05) is 0 Å². The first-order valence-electron chi connectivity index (χ1n) is 7.91. The molecule has 1 aromatic carbocycles. The lowest BCUT2D eigenvalue weighted by atomic mass is 10.2. The molecule has 4 rings (SSSR count). The predicted octanol–water partition coefficient (Wildman–Crippen LogP) is 1.14. The molecule has 2 aliphatic heterocycles. The Morgan fingerprint density at radius 1 is 1.24 bits per heavy atom. The number of hydrogen-bond donors (Lipinski definition) is 1. The Labute approximate surface area is 149 Å². The fraction of sp³-hybridized carbons (Fsp3) is 0.400. The topological polar surface area (TPSA) is 99.3 Å². The average Bonchev–Trinajstić information content (AvgIpc) is 3.21. The highest BCUT2D eigenvalue weighted by atomic mass is 35.5. The third-order valence-electron chi connectivity index (χ3n) is 4.71. The minimum Gasteiger partial charge on any atom is -0.334 e. The summed E-state index contributed by atoms with van der Waals surface area (Å²) in [5.74, 6) is -0.231. The van der Waals surface area contributed by atoms with Crippen molar-refractivity contribution in [3.05, 3.63) is 41.2 Å². The van der Waals surface area contributed by atoms with Crippen LogP contribution in [-0.4, -0.2) is 64.1 Å². The Balaban J connectivity index is 1.59. The molecule has 0 spiro atoms. The fourth-order valence-corrected chi connectivity index (χ4v) is 5.79. The van der Waals surface area contributed by atoms with Gasteiger partial charge < -0.3 is 4.90 Å². The molecule has 0 aliphatic carbocycles. The molecule has 10 heteroatoms. The van der Waals surface area contributed by atoms with Crippen LogP contribution in [0.3, 0.4) is 0 Å². The molecule has 25 heavy (non-hydrogen) atoms. The van der Waals surface area contributed by atoms with Crippen LogP contribution in [0.2, 0.25) is 5.02 Å². The van der Waals surface area contributed by atoms with E-state index >= 15 is 0 Å². The smallest absolute Gasteiger partial charge is 0.276 e. The second-order valence-electron chi connectivity index (χ2n) is 6.24. The number of aromatic amines is 1. The highest BCUT2D eigenvalue weighted by molar-refractivity contribution is 7.89. The number of carbonyl (C=O) groups is 1. The molecule has 0 saturated carbocycles. The lowest BCUT2D eigenvalue weighted by molar-refractivity contribution is 0.0609. The fourth-order valence-electron chi connectivity index (χ4n) is 3.64. The van der Waals surface area contributed by atoms with Crippen LogP contribution in [0, 0.1) is 0 Å². The number of amides is 1. The minimum atomic E-state index is -3.65. The van der Waals surface area contributed by atoms with Crippen molar-refractivity contribution in [2.24, 2.45) is 0 Å². The number of benzene rings is 1. The monoisotopic (exact) mass is 381 g/mol. The van der Waals surface area contributed by atoms with Gasteiger partial charge in [-0.25, -0.2) is 8.42 Å². The molecule has 1 aromatic heterocycles. The minimum absolute atomic E-state index is 0.188. The van der Waals surface area contributed by atoms with E-state index < -0.39 is 10.0 Å². The van der Waals surface area contributed by atoms with Gasteiger partial charge in [-0.2, -0.15) is 19.7 Å². The van der Waals surface area contributed by atoms with Crippen molar-refractivity contribution in [2.45, 2.75) is 29.8 Å². The van der Waals surface area contributed by atoms with E-state index in [0.29, 0.717) is 18.1 Å². The predicted molar refractivity (Wildman–Crippen MR) is 89.6 cm³/mol. The van der Waals surface area contributed by atoms with Gasteiger partial charge in [0.15, 0.2) is 5.69 Å². The molecular formula is C15H16ClN5O3S. The number of nitrogens with one attached hydrogen (secondary N) is 1. The first-order chi connectivity index (χ1) is 12.0. The summed E-state index contributed by atoms with van der Waals surface area (Å²) in [7, 11) is -3.65. The van der Waals surface area contributed by atoms with Crippen molar-refractivity contribution in [1.82, 2.24) is 24.6 Å². The summed E-state index contributed by atoms with van der Waals surface area (Å²) in [6.07, 6.45) is 2.83. The lowest BCUT2D eigenvalue weighted by Crippen LogP contribution is -2.57. The first kappa shape index (κ1) is 16.5. The van der Waals surface area contributed by atoms with Crippen LogP contribution >= 0.6 is 11.6 Å². The number of carbonyl (C=O) groups excluding carboxylic acids is 1. The molecular weight excluding hydrogens is 366 g/mol. The van der Waals surface area contributed by atoms with Gasteiger partial charge >= 0.3 is 0 Å². The van der Waals surface area contributed by atoms with Gasteiger partial charge in [0.25, 0.3) is 5.91 Å². The summed E-state index contributed by atoms with van der Waals surface area (Å²) in [5.41, 5.74) is 0.241. The van der Waals surface area contributed by atoms with Gasteiger partial charge in [-0.3, -0.25) is 4.79 Å². The molecule has 2 unspecified atom stereocenters. The number of fused-ring (bicyclic) bond motifs is 2. The number of likely N-dealkylation sites (tertiary alicyclic amines) is 1. The zero-order valence-corrected chi connectivity index (χ0v) is 14.7. The van der Waals surface area contributed by atoms with E-state index in [0.717, 1.165) is 12.8 Å². The van der Waals surface area contributed by atoms with Crippen molar-refractivity contribution in [3.8, 4) is 0 Å². The van der Waals surface area contributed by atoms with Gasteiger partial charge in [-0.1, -0.05) is 17.7 Å². The Bertz CT molecular complexity index is 888.